The van der Waals surface area contributed by atoms with Gasteiger partial charge in [0.25, 0.3) is 11.6 Å². The van der Waals surface area contributed by atoms with E-state index in [0.29, 0.717) is 40.4 Å². The number of pyridine rings is 1. The minimum atomic E-state index is -0.154. The zero-order valence-electron chi connectivity index (χ0n) is 17.5. The van der Waals surface area contributed by atoms with Crippen LogP contribution in [0.1, 0.15) is 34.3 Å². The monoisotopic (exact) mass is 415 g/mol. The molecule has 5 rings (SSSR count). The molecule has 0 N–H and O–H groups in total. The van der Waals surface area contributed by atoms with Gasteiger partial charge in [-0.25, -0.2) is 4.98 Å². The zero-order valence-corrected chi connectivity index (χ0v) is 17.5. The highest BCUT2D eigenvalue weighted by molar-refractivity contribution is 6.06. The number of aromatic nitrogens is 2. The molecule has 7 heteroatoms. The SMILES string of the molecule is CCc1oc2ccccc2c1CN(C)C(=O)c1cc(-c2ccco2)nc2onc(C)c12. The molecule has 156 valence electrons. The molecule has 31 heavy (non-hydrogen) atoms. The molecule has 0 atom stereocenters. The second-order valence-electron chi connectivity index (χ2n) is 7.50. The van der Waals surface area contributed by atoms with E-state index < -0.39 is 0 Å². The number of hydrogen-bond donors (Lipinski definition) is 0. The Morgan fingerprint density at radius 2 is 2.00 bits per heavy atom. The standard InChI is InChI=1S/C24H21N3O4/c1-4-19-17(15-8-5-6-9-20(15)30-19)13-27(3)24(28)16-12-18(21-10-7-11-29-21)25-23-22(16)14(2)26-31-23/h5-12H,4,13H2,1-3H3. The van der Waals surface area contributed by atoms with Crippen molar-refractivity contribution in [2.24, 2.45) is 0 Å². The van der Waals surface area contributed by atoms with Crippen molar-refractivity contribution in [2.75, 3.05) is 7.05 Å². The Morgan fingerprint density at radius 3 is 2.77 bits per heavy atom. The number of amides is 1. The van der Waals surface area contributed by atoms with Gasteiger partial charge in [-0.15, -0.1) is 0 Å². The number of para-hydroxylation sites is 1. The second-order valence-corrected chi connectivity index (χ2v) is 7.50. The Balaban J connectivity index is 1.57. The van der Waals surface area contributed by atoms with Gasteiger partial charge in [0, 0.05) is 31.0 Å². The van der Waals surface area contributed by atoms with E-state index in [9.17, 15) is 4.79 Å². The van der Waals surface area contributed by atoms with E-state index in [-0.39, 0.29) is 5.91 Å². The molecule has 0 bridgehead atoms. The number of carbonyl (C=O) groups is 1. The van der Waals surface area contributed by atoms with Crippen molar-refractivity contribution in [1.29, 1.82) is 0 Å². The Hall–Kier alpha value is -3.87. The number of benzene rings is 1. The van der Waals surface area contributed by atoms with Gasteiger partial charge in [0.15, 0.2) is 5.76 Å². The van der Waals surface area contributed by atoms with Gasteiger partial charge in [-0.3, -0.25) is 4.79 Å². The molecule has 0 aliphatic carbocycles. The van der Waals surface area contributed by atoms with Gasteiger partial charge in [0.05, 0.1) is 22.9 Å². The van der Waals surface area contributed by atoms with Gasteiger partial charge in [-0.05, 0) is 31.2 Å². The summed E-state index contributed by atoms with van der Waals surface area (Å²) in [6.07, 6.45) is 2.32. The van der Waals surface area contributed by atoms with Crippen LogP contribution in [0.3, 0.4) is 0 Å². The van der Waals surface area contributed by atoms with Crippen molar-refractivity contribution < 1.29 is 18.2 Å². The molecule has 4 aromatic heterocycles. The molecule has 1 aromatic carbocycles. The third kappa shape index (κ3) is 3.18. The van der Waals surface area contributed by atoms with Crippen molar-refractivity contribution in [2.45, 2.75) is 26.8 Å². The summed E-state index contributed by atoms with van der Waals surface area (Å²) in [5, 5.41) is 5.65. The Kier molecular flexibility index (Phi) is 4.58. The van der Waals surface area contributed by atoms with Crippen LogP contribution in [0, 0.1) is 6.92 Å². The maximum Gasteiger partial charge on any atom is 0.259 e. The molecule has 0 saturated carbocycles. The lowest BCUT2D eigenvalue weighted by Crippen LogP contribution is -2.27. The van der Waals surface area contributed by atoms with E-state index in [2.05, 4.69) is 10.1 Å². The van der Waals surface area contributed by atoms with E-state index in [4.69, 9.17) is 13.4 Å². The van der Waals surface area contributed by atoms with E-state index in [0.717, 1.165) is 28.7 Å². The first-order valence-electron chi connectivity index (χ1n) is 10.1. The molecule has 7 nitrogen and oxygen atoms in total. The molecule has 0 radical (unpaired) electrons. The summed E-state index contributed by atoms with van der Waals surface area (Å²) in [4.78, 5) is 19.7. The summed E-state index contributed by atoms with van der Waals surface area (Å²) in [5.41, 5.74) is 3.78. The fourth-order valence-corrected chi connectivity index (χ4v) is 3.94. The molecule has 1 amide bonds. The average molecular weight is 415 g/mol. The summed E-state index contributed by atoms with van der Waals surface area (Å²) in [6, 6.07) is 13.2. The first-order valence-corrected chi connectivity index (χ1v) is 10.1. The molecule has 0 aliphatic heterocycles. The van der Waals surface area contributed by atoms with Gasteiger partial charge in [-0.2, -0.15) is 0 Å². The number of fused-ring (bicyclic) bond motifs is 2. The topological polar surface area (TPSA) is 85.5 Å². The number of rotatable bonds is 5. The Morgan fingerprint density at radius 1 is 1.16 bits per heavy atom. The molecule has 4 heterocycles. The summed E-state index contributed by atoms with van der Waals surface area (Å²) in [6.45, 7) is 4.27. The summed E-state index contributed by atoms with van der Waals surface area (Å²) in [5.74, 6) is 1.29. The largest absolute Gasteiger partial charge is 0.463 e. The minimum Gasteiger partial charge on any atom is -0.463 e. The summed E-state index contributed by atoms with van der Waals surface area (Å²) >= 11 is 0. The third-order valence-corrected chi connectivity index (χ3v) is 5.47. The van der Waals surface area contributed by atoms with Gasteiger partial charge in [0.2, 0.25) is 0 Å². The lowest BCUT2D eigenvalue weighted by molar-refractivity contribution is 0.0787. The van der Waals surface area contributed by atoms with Crippen LogP contribution in [0.2, 0.25) is 0 Å². The lowest BCUT2D eigenvalue weighted by Gasteiger charge is -2.18. The van der Waals surface area contributed by atoms with Crippen LogP contribution in [0.5, 0.6) is 0 Å². The van der Waals surface area contributed by atoms with Gasteiger partial charge < -0.3 is 18.3 Å². The van der Waals surface area contributed by atoms with Crippen LogP contribution in [0.15, 0.2) is 62.1 Å². The zero-order chi connectivity index (χ0) is 21.5. The smallest absolute Gasteiger partial charge is 0.259 e. The summed E-state index contributed by atoms with van der Waals surface area (Å²) < 4.78 is 16.8. The first-order chi connectivity index (χ1) is 15.1. The van der Waals surface area contributed by atoms with Gasteiger partial charge >= 0.3 is 0 Å². The van der Waals surface area contributed by atoms with Crippen molar-refractivity contribution in [3.05, 3.63) is 71.3 Å². The van der Waals surface area contributed by atoms with Crippen molar-refractivity contribution in [3.8, 4) is 11.5 Å². The van der Waals surface area contributed by atoms with Crippen LogP contribution >= 0.6 is 0 Å². The molecular weight excluding hydrogens is 394 g/mol. The van der Waals surface area contributed by atoms with E-state index in [1.165, 1.54) is 0 Å². The predicted molar refractivity (Wildman–Crippen MR) is 116 cm³/mol. The predicted octanol–water partition coefficient (Wildman–Crippen LogP) is 5.37. The number of hydrogen-bond acceptors (Lipinski definition) is 6. The van der Waals surface area contributed by atoms with Gasteiger partial charge in [-0.1, -0.05) is 30.3 Å². The lowest BCUT2D eigenvalue weighted by atomic mass is 10.1. The number of furan rings is 2. The average Bonchev–Trinajstić information content (AvgIpc) is 3.52. The minimum absolute atomic E-state index is 0.154. The maximum absolute atomic E-state index is 13.6. The van der Waals surface area contributed by atoms with Crippen molar-refractivity contribution >= 4 is 28.0 Å². The molecule has 0 saturated heterocycles. The van der Waals surface area contributed by atoms with Gasteiger partial charge in [0.1, 0.15) is 17.0 Å². The third-order valence-electron chi connectivity index (χ3n) is 5.47. The van der Waals surface area contributed by atoms with Crippen LogP contribution in [0.4, 0.5) is 0 Å². The van der Waals surface area contributed by atoms with Crippen LogP contribution in [-0.4, -0.2) is 28.0 Å². The number of nitrogens with zero attached hydrogens (tertiary/aromatic N) is 3. The quantitative estimate of drug-likeness (QED) is 0.383. The van der Waals surface area contributed by atoms with Crippen LogP contribution < -0.4 is 0 Å². The van der Waals surface area contributed by atoms with Crippen molar-refractivity contribution in [1.82, 2.24) is 15.0 Å². The normalized spacial score (nSPS) is 11.5. The van der Waals surface area contributed by atoms with Crippen molar-refractivity contribution in [3.63, 3.8) is 0 Å². The number of carbonyl (C=O) groups excluding carboxylic acids is 1. The van der Waals surface area contributed by atoms with Crippen LogP contribution in [0.25, 0.3) is 33.5 Å². The van der Waals surface area contributed by atoms with E-state index >= 15 is 0 Å². The summed E-state index contributed by atoms with van der Waals surface area (Å²) in [7, 11) is 1.78. The second kappa shape index (κ2) is 7.43. The van der Waals surface area contributed by atoms with E-state index in [1.54, 1.807) is 43.3 Å². The van der Waals surface area contributed by atoms with Crippen LogP contribution in [-0.2, 0) is 13.0 Å². The highest BCUT2D eigenvalue weighted by atomic mass is 16.5. The molecule has 5 aromatic rings. The number of aryl methyl sites for hydroxylation is 2. The molecule has 0 aliphatic rings. The van der Waals surface area contributed by atoms with E-state index in [1.807, 2.05) is 31.2 Å². The highest BCUT2D eigenvalue weighted by Crippen LogP contribution is 2.30. The maximum atomic E-state index is 13.6. The highest BCUT2D eigenvalue weighted by Gasteiger charge is 2.24. The Bertz CT molecular complexity index is 1400. The Labute approximate surface area is 178 Å². The fraction of sp³-hybridized carbons (Fsp3) is 0.208. The molecular formula is C24H21N3O4. The fourth-order valence-electron chi connectivity index (χ4n) is 3.94. The molecule has 0 unspecified atom stereocenters. The molecule has 0 fully saturated rings. The molecule has 0 spiro atoms. The first kappa shape index (κ1) is 19.1.